The normalized spacial score (nSPS) is 27.2. The average molecular weight is 274 g/mol. The Balaban J connectivity index is 1.64. The van der Waals surface area contributed by atoms with E-state index in [9.17, 15) is 5.11 Å². The molecule has 0 saturated carbocycles. The van der Waals surface area contributed by atoms with Crippen LogP contribution in [0.5, 0.6) is 5.75 Å². The highest BCUT2D eigenvalue weighted by Crippen LogP contribution is 2.32. The number of hydrogen-bond acceptors (Lipinski definition) is 3. The van der Waals surface area contributed by atoms with Gasteiger partial charge in [0.2, 0.25) is 0 Å². The van der Waals surface area contributed by atoms with Crippen LogP contribution < -0.4 is 5.32 Å². The van der Waals surface area contributed by atoms with Gasteiger partial charge in [-0.15, -0.1) is 0 Å². The van der Waals surface area contributed by atoms with E-state index in [1.165, 1.54) is 49.8 Å². The Kier molecular flexibility index (Phi) is 4.27. The molecule has 3 nitrogen and oxygen atoms in total. The molecule has 20 heavy (non-hydrogen) atoms. The zero-order valence-corrected chi connectivity index (χ0v) is 12.4. The van der Waals surface area contributed by atoms with Crippen molar-refractivity contribution in [3.63, 3.8) is 0 Å². The predicted molar refractivity (Wildman–Crippen MR) is 82.1 cm³/mol. The van der Waals surface area contributed by atoms with Gasteiger partial charge in [0.25, 0.3) is 0 Å². The van der Waals surface area contributed by atoms with Crippen LogP contribution in [0.1, 0.15) is 49.3 Å². The van der Waals surface area contributed by atoms with Crippen LogP contribution in [-0.4, -0.2) is 36.2 Å². The molecule has 1 aromatic rings. The summed E-state index contributed by atoms with van der Waals surface area (Å²) >= 11 is 0. The highest BCUT2D eigenvalue weighted by molar-refractivity contribution is 5.38. The monoisotopic (exact) mass is 274 g/mol. The van der Waals surface area contributed by atoms with Crippen molar-refractivity contribution in [2.75, 3.05) is 20.1 Å². The van der Waals surface area contributed by atoms with Crippen molar-refractivity contribution in [2.24, 2.45) is 0 Å². The number of fused-ring (bicyclic) bond motifs is 1. The van der Waals surface area contributed by atoms with Crippen LogP contribution in [0.15, 0.2) is 18.2 Å². The Morgan fingerprint density at radius 2 is 2.15 bits per heavy atom. The van der Waals surface area contributed by atoms with Gasteiger partial charge in [-0.25, -0.2) is 0 Å². The summed E-state index contributed by atoms with van der Waals surface area (Å²) in [6.07, 6.45) is 7.57. The number of nitrogens with zero attached hydrogens (tertiary/aromatic N) is 1. The molecule has 1 heterocycles. The van der Waals surface area contributed by atoms with Crippen LogP contribution >= 0.6 is 0 Å². The second kappa shape index (κ2) is 6.15. The summed E-state index contributed by atoms with van der Waals surface area (Å²) < 4.78 is 0. The van der Waals surface area contributed by atoms with E-state index >= 15 is 0 Å². The maximum absolute atomic E-state index is 9.62. The van der Waals surface area contributed by atoms with E-state index in [0.29, 0.717) is 17.8 Å². The number of piperidine rings is 1. The van der Waals surface area contributed by atoms with Crippen LogP contribution in [-0.2, 0) is 6.42 Å². The number of likely N-dealkylation sites (N-methyl/N-ethyl adjacent to an activating group) is 1. The lowest BCUT2D eigenvalue weighted by Gasteiger charge is -2.35. The summed E-state index contributed by atoms with van der Waals surface area (Å²) in [5.74, 6) is 0.399. The first-order chi connectivity index (χ1) is 9.74. The largest absolute Gasteiger partial charge is 0.508 e. The fraction of sp³-hybridized carbons (Fsp3) is 0.647. The Morgan fingerprint density at radius 3 is 3.00 bits per heavy atom. The molecule has 0 aromatic heterocycles. The molecular weight excluding hydrogens is 248 g/mol. The fourth-order valence-electron chi connectivity index (χ4n) is 3.69. The number of nitrogens with one attached hydrogen (secondary N) is 1. The van der Waals surface area contributed by atoms with Gasteiger partial charge in [-0.1, -0.05) is 12.5 Å². The van der Waals surface area contributed by atoms with Crippen molar-refractivity contribution in [3.05, 3.63) is 29.3 Å². The molecule has 1 saturated heterocycles. The summed E-state index contributed by atoms with van der Waals surface area (Å²) in [4.78, 5) is 2.50. The Bertz CT molecular complexity index is 460. The Hall–Kier alpha value is -1.06. The Morgan fingerprint density at radius 1 is 1.25 bits per heavy atom. The van der Waals surface area contributed by atoms with E-state index in [1.54, 1.807) is 0 Å². The van der Waals surface area contributed by atoms with E-state index < -0.39 is 0 Å². The minimum Gasteiger partial charge on any atom is -0.508 e. The molecule has 110 valence electrons. The molecular formula is C17H26N2O. The molecule has 1 aromatic carbocycles. The quantitative estimate of drug-likeness (QED) is 0.889. The van der Waals surface area contributed by atoms with Crippen molar-refractivity contribution in [1.29, 1.82) is 0 Å². The van der Waals surface area contributed by atoms with Crippen molar-refractivity contribution < 1.29 is 5.11 Å². The lowest BCUT2D eigenvalue weighted by Crippen LogP contribution is -2.44. The van der Waals surface area contributed by atoms with Gasteiger partial charge in [0.15, 0.2) is 0 Å². The van der Waals surface area contributed by atoms with Crippen LogP contribution in [0, 0.1) is 0 Å². The van der Waals surface area contributed by atoms with Crippen molar-refractivity contribution in [2.45, 2.75) is 50.6 Å². The lowest BCUT2D eigenvalue weighted by atomic mass is 9.87. The van der Waals surface area contributed by atoms with Gasteiger partial charge in [-0.3, -0.25) is 0 Å². The second-order valence-electron chi connectivity index (χ2n) is 6.37. The molecule has 0 radical (unpaired) electrons. The number of rotatable bonds is 3. The van der Waals surface area contributed by atoms with E-state index in [2.05, 4.69) is 23.3 Å². The minimum absolute atomic E-state index is 0.399. The SMILES string of the molecule is CN1CCCCC1CNC1CCCc2cc(O)ccc21. The number of aromatic hydroxyl groups is 1. The number of likely N-dealkylation sites (tertiary alicyclic amines) is 1. The van der Waals surface area contributed by atoms with Gasteiger partial charge >= 0.3 is 0 Å². The number of benzene rings is 1. The highest BCUT2D eigenvalue weighted by Gasteiger charge is 2.23. The number of aryl methyl sites for hydroxylation is 1. The predicted octanol–water partition coefficient (Wildman–Crippen LogP) is 2.84. The first kappa shape index (κ1) is 13.9. The van der Waals surface area contributed by atoms with Crippen LogP contribution in [0.25, 0.3) is 0 Å². The van der Waals surface area contributed by atoms with Gasteiger partial charge in [0.1, 0.15) is 5.75 Å². The molecule has 2 aliphatic rings. The van der Waals surface area contributed by atoms with Gasteiger partial charge in [0, 0.05) is 18.6 Å². The molecule has 3 rings (SSSR count). The maximum atomic E-state index is 9.62. The first-order valence-electron chi connectivity index (χ1n) is 7.99. The Labute approximate surface area is 122 Å². The van der Waals surface area contributed by atoms with Crippen molar-refractivity contribution >= 4 is 0 Å². The minimum atomic E-state index is 0.399. The van der Waals surface area contributed by atoms with Gasteiger partial charge in [-0.2, -0.15) is 0 Å². The maximum Gasteiger partial charge on any atom is 0.115 e. The molecule has 2 N–H and O–H groups in total. The van der Waals surface area contributed by atoms with Crippen LogP contribution in [0.4, 0.5) is 0 Å². The van der Waals surface area contributed by atoms with Crippen LogP contribution in [0.3, 0.4) is 0 Å². The second-order valence-corrected chi connectivity index (χ2v) is 6.37. The summed E-state index contributed by atoms with van der Waals surface area (Å²) in [6, 6.07) is 7.02. The van der Waals surface area contributed by atoms with E-state index in [1.807, 2.05) is 12.1 Å². The molecule has 1 aliphatic carbocycles. The molecule has 0 amide bonds. The lowest BCUT2D eigenvalue weighted by molar-refractivity contribution is 0.176. The van der Waals surface area contributed by atoms with Gasteiger partial charge in [0.05, 0.1) is 0 Å². The van der Waals surface area contributed by atoms with Gasteiger partial charge in [-0.05, 0) is 69.0 Å². The molecule has 0 spiro atoms. The third kappa shape index (κ3) is 2.99. The molecule has 1 aliphatic heterocycles. The third-order valence-corrected chi connectivity index (χ3v) is 4.96. The zero-order valence-electron chi connectivity index (χ0n) is 12.4. The highest BCUT2D eigenvalue weighted by atomic mass is 16.3. The van der Waals surface area contributed by atoms with Gasteiger partial charge < -0.3 is 15.3 Å². The number of phenols is 1. The van der Waals surface area contributed by atoms with E-state index in [4.69, 9.17) is 0 Å². The van der Waals surface area contributed by atoms with Crippen molar-refractivity contribution in [1.82, 2.24) is 10.2 Å². The topological polar surface area (TPSA) is 35.5 Å². The number of hydrogen-bond donors (Lipinski definition) is 2. The average Bonchev–Trinajstić information content (AvgIpc) is 2.46. The van der Waals surface area contributed by atoms with E-state index in [-0.39, 0.29) is 0 Å². The fourth-order valence-corrected chi connectivity index (χ4v) is 3.69. The first-order valence-corrected chi connectivity index (χ1v) is 7.99. The van der Waals surface area contributed by atoms with Crippen LogP contribution in [0.2, 0.25) is 0 Å². The zero-order chi connectivity index (χ0) is 13.9. The summed E-state index contributed by atoms with van der Waals surface area (Å²) in [5.41, 5.74) is 2.72. The summed E-state index contributed by atoms with van der Waals surface area (Å²) in [5, 5.41) is 13.4. The van der Waals surface area contributed by atoms with Crippen molar-refractivity contribution in [3.8, 4) is 5.75 Å². The number of phenolic OH excluding ortho intramolecular Hbond substituents is 1. The smallest absolute Gasteiger partial charge is 0.115 e. The summed E-state index contributed by atoms with van der Waals surface area (Å²) in [6.45, 7) is 2.32. The molecule has 2 unspecified atom stereocenters. The summed E-state index contributed by atoms with van der Waals surface area (Å²) in [7, 11) is 2.25. The molecule has 1 fully saturated rings. The van der Waals surface area contributed by atoms with E-state index in [0.717, 1.165) is 13.0 Å². The third-order valence-electron chi connectivity index (χ3n) is 4.96. The molecule has 2 atom stereocenters. The standard InChI is InChI=1S/C17H26N2O/c1-19-10-3-2-6-14(19)12-18-17-7-4-5-13-11-15(20)8-9-16(13)17/h8-9,11,14,17-18,20H,2-7,10,12H2,1H3. The molecule has 0 bridgehead atoms. The molecule has 3 heteroatoms.